The summed E-state index contributed by atoms with van der Waals surface area (Å²) in [5, 5.41) is 16.4. The van der Waals surface area contributed by atoms with Crippen LogP contribution in [0.5, 0.6) is 5.75 Å². The van der Waals surface area contributed by atoms with Crippen LogP contribution in [0.3, 0.4) is 0 Å². The number of methoxy groups -OCH3 is 1. The van der Waals surface area contributed by atoms with E-state index in [1.54, 1.807) is 18.1 Å². The molecule has 1 aromatic rings. The Kier molecular flexibility index (Phi) is 7.88. The molecule has 0 atom stereocenters. The Balaban J connectivity index is 1.76. The molecule has 0 aromatic heterocycles. The van der Waals surface area contributed by atoms with E-state index in [2.05, 4.69) is 10.6 Å². The summed E-state index contributed by atoms with van der Waals surface area (Å²) in [5.41, 5.74) is 0.997. The molecule has 3 N–H and O–H groups in total. The number of carbonyl (C=O) groups is 1. The molecule has 0 unspecified atom stereocenters. The lowest BCUT2D eigenvalue weighted by Crippen LogP contribution is -2.44. The van der Waals surface area contributed by atoms with Crippen molar-refractivity contribution in [2.45, 2.75) is 45.8 Å². The van der Waals surface area contributed by atoms with E-state index in [0.717, 1.165) is 25.1 Å². The Morgan fingerprint density at radius 3 is 2.57 bits per heavy atom. The minimum Gasteiger partial charge on any atom is -0.497 e. The van der Waals surface area contributed by atoms with Gasteiger partial charge in [0.25, 0.3) is 0 Å². The monoisotopic (exact) mass is 409 g/mol. The summed E-state index contributed by atoms with van der Waals surface area (Å²) in [5.74, 6) is 1.12. The first-order valence-corrected chi connectivity index (χ1v) is 9.93. The van der Waals surface area contributed by atoms with Gasteiger partial charge in [0.05, 0.1) is 13.7 Å². The number of ether oxygens (including phenoxy) is 2. The molecule has 1 aliphatic heterocycles. The molecule has 0 spiro atoms. The molecule has 8 heteroatoms. The zero-order valence-electron chi connectivity index (χ0n) is 17.1. The second-order valence-electron chi connectivity index (χ2n) is 7.93. The second-order valence-corrected chi connectivity index (χ2v) is 8.34. The van der Waals surface area contributed by atoms with Crippen LogP contribution in [0, 0.1) is 5.92 Å². The second kappa shape index (κ2) is 9.93. The molecule has 2 rings (SSSR count). The van der Waals surface area contributed by atoms with Crippen LogP contribution in [0.25, 0.3) is 0 Å². The topological polar surface area (TPSA) is 83.1 Å². The van der Waals surface area contributed by atoms with Crippen LogP contribution in [0.2, 0.25) is 0 Å². The fraction of sp³-hybridized carbons (Fsp3) is 0.600. The third-order valence-electron chi connectivity index (χ3n) is 4.55. The molecule has 1 amide bonds. The van der Waals surface area contributed by atoms with E-state index in [-0.39, 0.29) is 12.7 Å². The fourth-order valence-electron chi connectivity index (χ4n) is 3.00. The van der Waals surface area contributed by atoms with Gasteiger partial charge in [-0.05, 0) is 69.9 Å². The lowest BCUT2D eigenvalue weighted by atomic mass is 9.97. The lowest BCUT2D eigenvalue weighted by molar-refractivity contribution is 0.0185. The quantitative estimate of drug-likeness (QED) is 0.645. The van der Waals surface area contributed by atoms with Crippen LogP contribution in [0.4, 0.5) is 10.5 Å². The van der Waals surface area contributed by atoms with E-state index in [1.807, 2.05) is 32.9 Å². The van der Waals surface area contributed by atoms with Crippen LogP contribution in [0.15, 0.2) is 18.2 Å². The summed E-state index contributed by atoms with van der Waals surface area (Å²) in [6, 6.07) is 5.42. The first kappa shape index (κ1) is 22.2. The molecule has 1 aliphatic rings. The van der Waals surface area contributed by atoms with Crippen molar-refractivity contribution in [3.8, 4) is 5.75 Å². The molecule has 156 valence electrons. The van der Waals surface area contributed by atoms with Crippen molar-refractivity contribution in [2.24, 2.45) is 5.92 Å². The number of thiocarbonyl (C=S) groups is 1. The van der Waals surface area contributed by atoms with E-state index in [1.165, 1.54) is 0 Å². The summed E-state index contributed by atoms with van der Waals surface area (Å²) in [4.78, 5) is 13.9. The maximum atomic E-state index is 12.1. The van der Waals surface area contributed by atoms with E-state index >= 15 is 0 Å². The van der Waals surface area contributed by atoms with E-state index in [9.17, 15) is 9.90 Å². The van der Waals surface area contributed by atoms with Gasteiger partial charge in [0.2, 0.25) is 0 Å². The Morgan fingerprint density at radius 2 is 2.00 bits per heavy atom. The van der Waals surface area contributed by atoms with Gasteiger partial charge in [0.15, 0.2) is 5.11 Å². The molecular weight excluding hydrogens is 378 g/mol. The smallest absolute Gasteiger partial charge is 0.410 e. The van der Waals surface area contributed by atoms with Gasteiger partial charge in [-0.1, -0.05) is 0 Å². The van der Waals surface area contributed by atoms with Crippen molar-refractivity contribution in [1.29, 1.82) is 0 Å². The predicted molar refractivity (Wildman–Crippen MR) is 114 cm³/mol. The largest absolute Gasteiger partial charge is 0.497 e. The molecule has 1 aromatic carbocycles. The fourth-order valence-corrected chi connectivity index (χ4v) is 3.19. The molecule has 1 saturated heterocycles. The Labute approximate surface area is 172 Å². The summed E-state index contributed by atoms with van der Waals surface area (Å²) < 4.78 is 10.6. The lowest BCUT2D eigenvalue weighted by Gasteiger charge is -2.33. The molecule has 0 saturated carbocycles. The van der Waals surface area contributed by atoms with Crippen molar-refractivity contribution in [1.82, 2.24) is 10.2 Å². The Morgan fingerprint density at radius 1 is 1.32 bits per heavy atom. The van der Waals surface area contributed by atoms with E-state index in [4.69, 9.17) is 21.7 Å². The standard InChI is InChI=1S/C20H31N3O4S/c1-20(2,3)27-19(25)23-9-7-14(8-10-23)12-21-18(28)22-17-6-5-16(26-4)11-15(17)13-24/h5-6,11,14,24H,7-10,12-13H2,1-4H3,(H2,21,22,28). The van der Waals surface area contributed by atoms with Crippen LogP contribution >= 0.6 is 12.2 Å². The van der Waals surface area contributed by atoms with Crippen molar-refractivity contribution in [3.05, 3.63) is 23.8 Å². The van der Waals surface area contributed by atoms with Gasteiger partial charge in [-0.25, -0.2) is 4.79 Å². The summed E-state index contributed by atoms with van der Waals surface area (Å²) >= 11 is 5.38. The molecule has 0 bridgehead atoms. The van der Waals surface area contributed by atoms with Gasteiger partial charge >= 0.3 is 6.09 Å². The van der Waals surface area contributed by atoms with E-state index in [0.29, 0.717) is 35.4 Å². The molecule has 0 aliphatic carbocycles. The molecular formula is C20H31N3O4S. The predicted octanol–water partition coefficient (Wildman–Crippen LogP) is 3.12. The van der Waals surface area contributed by atoms with Crippen LogP contribution in [-0.2, 0) is 11.3 Å². The number of carbonyl (C=O) groups excluding carboxylic acids is 1. The third kappa shape index (κ3) is 6.83. The number of aliphatic hydroxyl groups is 1. The third-order valence-corrected chi connectivity index (χ3v) is 4.79. The summed E-state index contributed by atoms with van der Waals surface area (Å²) in [6.45, 7) is 7.63. The zero-order chi connectivity index (χ0) is 20.7. The minimum absolute atomic E-state index is 0.106. The number of aliphatic hydroxyl groups excluding tert-OH is 1. The van der Waals surface area contributed by atoms with Gasteiger partial charge in [0.1, 0.15) is 11.4 Å². The molecule has 0 radical (unpaired) electrons. The Hall–Kier alpha value is -2.06. The number of nitrogens with one attached hydrogen (secondary N) is 2. The molecule has 1 fully saturated rings. The summed E-state index contributed by atoms with van der Waals surface area (Å²) in [6.07, 6.45) is 1.56. The van der Waals surface area contributed by atoms with Crippen LogP contribution < -0.4 is 15.4 Å². The van der Waals surface area contributed by atoms with E-state index < -0.39 is 5.60 Å². The maximum absolute atomic E-state index is 12.1. The maximum Gasteiger partial charge on any atom is 0.410 e. The van der Waals surface area contributed by atoms with Crippen LogP contribution in [-0.4, -0.2) is 53.6 Å². The number of anilines is 1. The average molecular weight is 410 g/mol. The van der Waals surface area contributed by atoms with Crippen molar-refractivity contribution in [2.75, 3.05) is 32.1 Å². The van der Waals surface area contributed by atoms with Crippen molar-refractivity contribution < 1.29 is 19.4 Å². The SMILES string of the molecule is COc1ccc(NC(=S)NCC2CCN(C(=O)OC(C)(C)C)CC2)c(CO)c1. The molecule has 1 heterocycles. The first-order chi connectivity index (χ1) is 13.2. The van der Waals surface area contributed by atoms with Gasteiger partial charge in [-0.2, -0.15) is 0 Å². The molecule has 28 heavy (non-hydrogen) atoms. The normalized spacial score (nSPS) is 15.1. The molecule has 7 nitrogen and oxygen atoms in total. The highest BCUT2D eigenvalue weighted by atomic mass is 32.1. The number of amides is 1. The zero-order valence-corrected chi connectivity index (χ0v) is 17.9. The summed E-state index contributed by atoms with van der Waals surface area (Å²) in [7, 11) is 1.59. The minimum atomic E-state index is -0.470. The average Bonchev–Trinajstić information content (AvgIpc) is 2.65. The van der Waals surface area contributed by atoms with Gasteiger partial charge in [-0.3, -0.25) is 0 Å². The van der Waals surface area contributed by atoms with Gasteiger partial charge < -0.3 is 30.1 Å². The highest BCUT2D eigenvalue weighted by Gasteiger charge is 2.26. The first-order valence-electron chi connectivity index (χ1n) is 9.52. The number of nitrogens with zero attached hydrogens (tertiary/aromatic N) is 1. The number of rotatable bonds is 5. The Bertz CT molecular complexity index is 683. The highest BCUT2D eigenvalue weighted by molar-refractivity contribution is 7.80. The number of hydrogen-bond acceptors (Lipinski definition) is 5. The number of benzene rings is 1. The highest BCUT2D eigenvalue weighted by Crippen LogP contribution is 2.22. The van der Waals surface area contributed by atoms with Gasteiger partial charge in [-0.15, -0.1) is 0 Å². The van der Waals surface area contributed by atoms with Crippen molar-refractivity contribution in [3.63, 3.8) is 0 Å². The van der Waals surface area contributed by atoms with Crippen LogP contribution in [0.1, 0.15) is 39.2 Å². The number of likely N-dealkylation sites (tertiary alicyclic amines) is 1. The van der Waals surface area contributed by atoms with Crippen molar-refractivity contribution >= 4 is 29.1 Å². The number of hydrogen-bond donors (Lipinski definition) is 3. The van der Waals surface area contributed by atoms with Gasteiger partial charge in [0, 0.05) is 30.9 Å². The number of piperidine rings is 1.